The molecule has 0 saturated heterocycles. The van der Waals surface area contributed by atoms with Crippen LogP contribution in [0, 0.1) is 6.92 Å². The molecule has 0 aliphatic heterocycles. The van der Waals surface area contributed by atoms with Crippen molar-refractivity contribution < 1.29 is 19.1 Å². The van der Waals surface area contributed by atoms with Crippen LogP contribution in [0.25, 0.3) is 0 Å². The number of hydrogen-bond donors (Lipinski definition) is 2. The number of aryl methyl sites for hydroxylation is 1. The van der Waals surface area contributed by atoms with Gasteiger partial charge in [-0.05, 0) is 36.8 Å². The summed E-state index contributed by atoms with van der Waals surface area (Å²) in [6, 6.07) is 20.4. The molecule has 0 unspecified atom stereocenters. The Morgan fingerprint density at radius 2 is 1.54 bits per heavy atom. The smallest absolute Gasteiger partial charge is 0.279 e. The van der Waals surface area contributed by atoms with Gasteiger partial charge in [-0.25, -0.2) is 0 Å². The Kier molecular flexibility index (Phi) is 6.64. The van der Waals surface area contributed by atoms with E-state index in [0.29, 0.717) is 23.0 Å². The molecule has 1 aromatic heterocycles. The number of amides is 2. The molecule has 0 bridgehead atoms. The average Bonchev–Trinajstić information content (AvgIpc) is 3.16. The first-order valence-corrected chi connectivity index (χ1v) is 9.47. The maximum absolute atomic E-state index is 12.0. The SMILES string of the molecule is Cc1ccc(C(=O)NNC(=O)COc2ccccc2OCc2ccccc2)s1. The van der Waals surface area contributed by atoms with E-state index >= 15 is 0 Å². The number of hydrazine groups is 1. The van der Waals surface area contributed by atoms with Crippen molar-refractivity contribution in [2.24, 2.45) is 0 Å². The monoisotopic (exact) mass is 396 g/mol. The van der Waals surface area contributed by atoms with Gasteiger partial charge in [0.25, 0.3) is 11.8 Å². The molecule has 6 nitrogen and oxygen atoms in total. The summed E-state index contributed by atoms with van der Waals surface area (Å²) in [4.78, 5) is 25.4. The number of nitrogens with one attached hydrogen (secondary N) is 2. The zero-order valence-electron chi connectivity index (χ0n) is 15.3. The van der Waals surface area contributed by atoms with Crippen LogP contribution in [0.2, 0.25) is 0 Å². The van der Waals surface area contributed by atoms with Crippen LogP contribution in [-0.2, 0) is 11.4 Å². The van der Waals surface area contributed by atoms with Crippen molar-refractivity contribution in [2.45, 2.75) is 13.5 Å². The van der Waals surface area contributed by atoms with Crippen LogP contribution in [0.15, 0.2) is 66.7 Å². The quantitative estimate of drug-likeness (QED) is 0.600. The van der Waals surface area contributed by atoms with Crippen molar-refractivity contribution in [3.8, 4) is 11.5 Å². The van der Waals surface area contributed by atoms with Crippen molar-refractivity contribution in [3.05, 3.63) is 82.0 Å². The molecule has 144 valence electrons. The Labute approximate surface area is 167 Å². The lowest BCUT2D eigenvalue weighted by atomic mass is 10.2. The summed E-state index contributed by atoms with van der Waals surface area (Å²) in [5.41, 5.74) is 5.74. The van der Waals surface area contributed by atoms with Gasteiger partial charge in [0.1, 0.15) is 6.61 Å². The lowest BCUT2D eigenvalue weighted by Crippen LogP contribution is -2.43. The van der Waals surface area contributed by atoms with Crippen LogP contribution in [0.4, 0.5) is 0 Å². The first-order valence-electron chi connectivity index (χ1n) is 8.66. The van der Waals surface area contributed by atoms with E-state index in [1.807, 2.05) is 49.4 Å². The molecule has 0 radical (unpaired) electrons. The fourth-order valence-corrected chi connectivity index (χ4v) is 3.11. The standard InChI is InChI=1S/C21H20N2O4S/c1-15-11-12-19(28-15)21(25)23-22-20(24)14-27-18-10-6-5-9-17(18)26-13-16-7-3-2-4-8-16/h2-12H,13-14H2,1H3,(H,22,24)(H,23,25). The predicted octanol–water partition coefficient (Wildman–Crippen LogP) is 3.48. The molecule has 28 heavy (non-hydrogen) atoms. The lowest BCUT2D eigenvalue weighted by molar-refractivity contribution is -0.123. The molecule has 0 saturated carbocycles. The molecule has 0 spiro atoms. The molecule has 0 atom stereocenters. The van der Waals surface area contributed by atoms with Gasteiger partial charge in [-0.3, -0.25) is 20.4 Å². The predicted molar refractivity (Wildman–Crippen MR) is 107 cm³/mol. The molecule has 2 aromatic carbocycles. The number of para-hydroxylation sites is 2. The molecule has 2 amide bonds. The summed E-state index contributed by atoms with van der Waals surface area (Å²) in [6.07, 6.45) is 0. The summed E-state index contributed by atoms with van der Waals surface area (Å²) < 4.78 is 11.3. The number of benzene rings is 2. The third-order valence-corrected chi connectivity index (χ3v) is 4.72. The van der Waals surface area contributed by atoms with E-state index in [2.05, 4.69) is 10.9 Å². The van der Waals surface area contributed by atoms with Crippen LogP contribution in [0.5, 0.6) is 11.5 Å². The van der Waals surface area contributed by atoms with Gasteiger partial charge in [-0.15, -0.1) is 11.3 Å². The first-order chi connectivity index (χ1) is 13.6. The van der Waals surface area contributed by atoms with E-state index in [4.69, 9.17) is 9.47 Å². The number of thiophene rings is 1. The van der Waals surface area contributed by atoms with Crippen LogP contribution < -0.4 is 20.3 Å². The molecule has 7 heteroatoms. The minimum Gasteiger partial charge on any atom is -0.485 e. The van der Waals surface area contributed by atoms with Gasteiger partial charge >= 0.3 is 0 Å². The summed E-state index contributed by atoms with van der Waals surface area (Å²) in [6.45, 7) is 2.05. The Balaban J connectivity index is 1.48. The molecule has 3 aromatic rings. The number of ether oxygens (including phenoxy) is 2. The highest BCUT2D eigenvalue weighted by molar-refractivity contribution is 7.13. The maximum atomic E-state index is 12.0. The Morgan fingerprint density at radius 1 is 0.857 bits per heavy atom. The van der Waals surface area contributed by atoms with E-state index < -0.39 is 5.91 Å². The molecule has 2 N–H and O–H groups in total. The van der Waals surface area contributed by atoms with E-state index in [9.17, 15) is 9.59 Å². The highest BCUT2D eigenvalue weighted by atomic mass is 32.1. The fourth-order valence-electron chi connectivity index (χ4n) is 2.35. The number of rotatable bonds is 7. The Morgan fingerprint density at radius 3 is 2.21 bits per heavy atom. The Hall–Kier alpha value is -3.32. The maximum Gasteiger partial charge on any atom is 0.279 e. The van der Waals surface area contributed by atoms with Crippen LogP contribution in [-0.4, -0.2) is 18.4 Å². The van der Waals surface area contributed by atoms with Crippen molar-refractivity contribution in [3.63, 3.8) is 0 Å². The topological polar surface area (TPSA) is 76.7 Å². The molecular formula is C21H20N2O4S. The zero-order chi connectivity index (χ0) is 19.8. The van der Waals surface area contributed by atoms with E-state index in [1.165, 1.54) is 11.3 Å². The zero-order valence-corrected chi connectivity index (χ0v) is 16.1. The van der Waals surface area contributed by atoms with Gasteiger partial charge < -0.3 is 9.47 Å². The summed E-state index contributed by atoms with van der Waals surface area (Å²) in [5.74, 6) is 0.156. The summed E-state index contributed by atoms with van der Waals surface area (Å²) in [7, 11) is 0. The second kappa shape index (κ2) is 9.57. The lowest BCUT2D eigenvalue weighted by Gasteiger charge is -2.13. The van der Waals surface area contributed by atoms with Crippen molar-refractivity contribution in [2.75, 3.05) is 6.61 Å². The second-order valence-corrected chi connectivity index (χ2v) is 7.21. The van der Waals surface area contributed by atoms with Crippen molar-refractivity contribution in [1.29, 1.82) is 0 Å². The molecule has 0 aliphatic rings. The fraction of sp³-hybridized carbons (Fsp3) is 0.143. The first kappa shape index (κ1) is 19.4. The third kappa shape index (κ3) is 5.59. The summed E-state index contributed by atoms with van der Waals surface area (Å²) >= 11 is 1.35. The summed E-state index contributed by atoms with van der Waals surface area (Å²) in [5, 5.41) is 0. The van der Waals surface area contributed by atoms with Gasteiger partial charge in [0.2, 0.25) is 0 Å². The molecule has 3 rings (SSSR count). The third-order valence-electron chi connectivity index (χ3n) is 3.72. The van der Waals surface area contributed by atoms with Crippen LogP contribution in [0.1, 0.15) is 20.1 Å². The van der Waals surface area contributed by atoms with Gasteiger partial charge in [-0.2, -0.15) is 0 Å². The Bertz CT molecular complexity index is 940. The molecule has 0 aliphatic carbocycles. The number of carbonyl (C=O) groups is 2. The molecular weight excluding hydrogens is 376 g/mol. The van der Waals surface area contributed by atoms with Gasteiger partial charge in [0, 0.05) is 4.88 Å². The van der Waals surface area contributed by atoms with E-state index in [0.717, 1.165) is 10.4 Å². The normalized spacial score (nSPS) is 10.2. The van der Waals surface area contributed by atoms with Crippen LogP contribution in [0.3, 0.4) is 0 Å². The van der Waals surface area contributed by atoms with Crippen molar-refractivity contribution >= 4 is 23.2 Å². The van der Waals surface area contributed by atoms with Gasteiger partial charge in [-0.1, -0.05) is 42.5 Å². The largest absolute Gasteiger partial charge is 0.485 e. The number of hydrogen-bond acceptors (Lipinski definition) is 5. The molecule has 0 fully saturated rings. The van der Waals surface area contributed by atoms with E-state index in [-0.39, 0.29) is 12.5 Å². The minimum absolute atomic E-state index is 0.255. The molecule has 1 heterocycles. The highest BCUT2D eigenvalue weighted by Crippen LogP contribution is 2.27. The highest BCUT2D eigenvalue weighted by Gasteiger charge is 2.11. The second-order valence-electron chi connectivity index (χ2n) is 5.92. The number of carbonyl (C=O) groups excluding carboxylic acids is 2. The average molecular weight is 396 g/mol. The van der Waals surface area contributed by atoms with E-state index in [1.54, 1.807) is 24.3 Å². The van der Waals surface area contributed by atoms with Gasteiger partial charge in [0.05, 0.1) is 4.88 Å². The van der Waals surface area contributed by atoms with Crippen LogP contribution >= 0.6 is 11.3 Å². The van der Waals surface area contributed by atoms with Gasteiger partial charge in [0.15, 0.2) is 18.1 Å². The van der Waals surface area contributed by atoms with Crippen molar-refractivity contribution in [1.82, 2.24) is 10.9 Å². The minimum atomic E-state index is -0.473.